The average molecular weight is 238 g/mol. The van der Waals surface area contributed by atoms with Crippen LogP contribution in [0.4, 0.5) is 0 Å². The quantitative estimate of drug-likeness (QED) is 0.735. The van der Waals surface area contributed by atoms with Gasteiger partial charge in [-0.25, -0.2) is 0 Å². The number of carboxylic acids is 1. The summed E-state index contributed by atoms with van der Waals surface area (Å²) in [7, 11) is 1.91. The van der Waals surface area contributed by atoms with Crippen LogP contribution in [0, 0.1) is 0 Å². The highest BCUT2D eigenvalue weighted by molar-refractivity contribution is 5.79. The Morgan fingerprint density at radius 1 is 1.71 bits per heavy atom. The van der Waals surface area contributed by atoms with E-state index in [1.54, 1.807) is 6.20 Å². The zero-order valence-corrected chi connectivity index (χ0v) is 9.96. The SMILES string of the molecule is Cn1nccc1CCN1CCC(N)(C(=O)O)C1. The van der Waals surface area contributed by atoms with Crippen LogP contribution in [0.2, 0.25) is 0 Å². The number of aliphatic carboxylic acids is 1. The molecule has 1 saturated heterocycles. The van der Waals surface area contributed by atoms with Crippen molar-refractivity contribution in [3.8, 4) is 0 Å². The summed E-state index contributed by atoms with van der Waals surface area (Å²) in [6.45, 7) is 2.01. The molecule has 94 valence electrons. The molecule has 0 aliphatic carbocycles. The Bertz CT molecular complexity index is 417. The molecule has 1 aliphatic heterocycles. The molecule has 3 N–H and O–H groups in total. The molecule has 0 saturated carbocycles. The molecule has 6 heteroatoms. The van der Waals surface area contributed by atoms with Crippen LogP contribution in [0.25, 0.3) is 0 Å². The second-order valence-electron chi connectivity index (χ2n) is 4.68. The molecule has 0 amide bonds. The molecule has 2 rings (SSSR count). The van der Waals surface area contributed by atoms with Gasteiger partial charge in [0.05, 0.1) is 0 Å². The van der Waals surface area contributed by atoms with Crippen molar-refractivity contribution in [2.45, 2.75) is 18.4 Å². The van der Waals surface area contributed by atoms with Crippen LogP contribution in [0.3, 0.4) is 0 Å². The van der Waals surface area contributed by atoms with E-state index in [0.29, 0.717) is 13.0 Å². The predicted octanol–water partition coefficient (Wildman–Crippen LogP) is -0.550. The largest absolute Gasteiger partial charge is 0.480 e. The highest BCUT2D eigenvalue weighted by atomic mass is 16.4. The molecule has 1 aromatic heterocycles. The lowest BCUT2D eigenvalue weighted by Crippen LogP contribution is -2.50. The van der Waals surface area contributed by atoms with Crippen LogP contribution in [-0.4, -0.2) is 50.9 Å². The lowest BCUT2D eigenvalue weighted by Gasteiger charge is -2.19. The van der Waals surface area contributed by atoms with Gasteiger partial charge in [0.1, 0.15) is 5.54 Å². The third-order valence-corrected chi connectivity index (χ3v) is 3.41. The third kappa shape index (κ3) is 2.48. The van der Waals surface area contributed by atoms with Crippen molar-refractivity contribution in [1.29, 1.82) is 0 Å². The Labute approximate surface area is 100 Å². The maximum absolute atomic E-state index is 11.0. The summed E-state index contributed by atoms with van der Waals surface area (Å²) in [5.41, 5.74) is 5.90. The first kappa shape index (κ1) is 12.1. The molecule has 1 atom stereocenters. The Balaban J connectivity index is 1.87. The number of hydrogen-bond acceptors (Lipinski definition) is 4. The van der Waals surface area contributed by atoms with E-state index >= 15 is 0 Å². The summed E-state index contributed by atoms with van der Waals surface area (Å²) in [6.07, 6.45) is 3.16. The molecular formula is C11H18N4O2. The maximum atomic E-state index is 11.0. The minimum Gasteiger partial charge on any atom is -0.480 e. The van der Waals surface area contributed by atoms with Gasteiger partial charge >= 0.3 is 5.97 Å². The number of aromatic nitrogens is 2. The standard InChI is InChI=1S/C11H18N4O2/c1-14-9(2-5-13-14)3-6-15-7-4-11(12,8-15)10(16)17/h2,5H,3-4,6-8,12H2,1H3,(H,16,17). The van der Waals surface area contributed by atoms with Crippen molar-refractivity contribution < 1.29 is 9.90 Å². The van der Waals surface area contributed by atoms with E-state index in [1.807, 2.05) is 17.8 Å². The highest BCUT2D eigenvalue weighted by Gasteiger charge is 2.40. The van der Waals surface area contributed by atoms with Crippen LogP contribution in [0.1, 0.15) is 12.1 Å². The van der Waals surface area contributed by atoms with Gasteiger partial charge in [0.15, 0.2) is 0 Å². The molecule has 17 heavy (non-hydrogen) atoms. The topological polar surface area (TPSA) is 84.4 Å². The van der Waals surface area contributed by atoms with Crippen molar-refractivity contribution in [3.63, 3.8) is 0 Å². The van der Waals surface area contributed by atoms with E-state index in [1.165, 1.54) is 0 Å². The molecule has 1 unspecified atom stereocenters. The van der Waals surface area contributed by atoms with Gasteiger partial charge in [-0.2, -0.15) is 5.10 Å². The third-order valence-electron chi connectivity index (χ3n) is 3.41. The molecule has 2 heterocycles. The number of hydrogen-bond donors (Lipinski definition) is 2. The van der Waals surface area contributed by atoms with E-state index in [2.05, 4.69) is 10.00 Å². The lowest BCUT2D eigenvalue weighted by atomic mass is 10.0. The monoisotopic (exact) mass is 238 g/mol. The zero-order chi connectivity index (χ0) is 12.5. The fourth-order valence-corrected chi connectivity index (χ4v) is 2.20. The smallest absolute Gasteiger partial charge is 0.325 e. The van der Waals surface area contributed by atoms with Crippen LogP contribution in [0.5, 0.6) is 0 Å². The van der Waals surface area contributed by atoms with Gasteiger partial charge in [0.2, 0.25) is 0 Å². The van der Waals surface area contributed by atoms with E-state index in [9.17, 15) is 4.79 Å². The number of carboxylic acid groups (broad SMARTS) is 1. The summed E-state index contributed by atoms with van der Waals surface area (Å²) >= 11 is 0. The first-order valence-electron chi connectivity index (χ1n) is 5.73. The number of rotatable bonds is 4. The predicted molar refractivity (Wildman–Crippen MR) is 62.5 cm³/mol. The Morgan fingerprint density at radius 3 is 3.00 bits per heavy atom. The molecule has 6 nitrogen and oxygen atoms in total. The molecule has 1 aromatic rings. The van der Waals surface area contributed by atoms with E-state index in [-0.39, 0.29) is 0 Å². The fraction of sp³-hybridized carbons (Fsp3) is 0.636. The summed E-state index contributed by atoms with van der Waals surface area (Å²) in [5.74, 6) is -0.902. The Kier molecular flexibility index (Phi) is 3.17. The van der Waals surface area contributed by atoms with Crippen molar-refractivity contribution in [2.24, 2.45) is 12.8 Å². The summed E-state index contributed by atoms with van der Waals surface area (Å²) in [4.78, 5) is 13.1. The van der Waals surface area contributed by atoms with Gasteiger partial charge in [0, 0.05) is 45.0 Å². The van der Waals surface area contributed by atoms with Crippen molar-refractivity contribution in [1.82, 2.24) is 14.7 Å². The van der Waals surface area contributed by atoms with Crippen LogP contribution < -0.4 is 5.73 Å². The average Bonchev–Trinajstić information content (AvgIpc) is 2.83. The number of carbonyl (C=O) groups is 1. The number of nitrogens with two attached hydrogens (primary N) is 1. The molecule has 1 aliphatic rings. The van der Waals surface area contributed by atoms with Gasteiger partial charge in [-0.1, -0.05) is 0 Å². The number of nitrogens with zero attached hydrogens (tertiary/aromatic N) is 3. The molecule has 0 radical (unpaired) electrons. The maximum Gasteiger partial charge on any atom is 0.325 e. The van der Waals surface area contributed by atoms with E-state index < -0.39 is 11.5 Å². The minimum absolute atomic E-state index is 0.431. The Hall–Kier alpha value is -1.40. The second-order valence-corrected chi connectivity index (χ2v) is 4.68. The molecular weight excluding hydrogens is 220 g/mol. The second kappa shape index (κ2) is 4.46. The summed E-state index contributed by atoms with van der Waals surface area (Å²) < 4.78 is 1.84. The Morgan fingerprint density at radius 2 is 2.47 bits per heavy atom. The summed E-state index contributed by atoms with van der Waals surface area (Å²) in [6, 6.07) is 1.98. The van der Waals surface area contributed by atoms with Gasteiger partial charge in [-0.05, 0) is 12.5 Å². The first-order valence-corrected chi connectivity index (χ1v) is 5.73. The van der Waals surface area contributed by atoms with Gasteiger partial charge < -0.3 is 15.7 Å². The van der Waals surface area contributed by atoms with Crippen molar-refractivity contribution >= 4 is 5.97 Å². The molecule has 0 spiro atoms. The lowest BCUT2D eigenvalue weighted by molar-refractivity contribution is -0.142. The molecule has 1 fully saturated rings. The van der Waals surface area contributed by atoms with Gasteiger partial charge in [0.25, 0.3) is 0 Å². The van der Waals surface area contributed by atoms with Gasteiger partial charge in [-0.15, -0.1) is 0 Å². The van der Waals surface area contributed by atoms with E-state index in [4.69, 9.17) is 10.8 Å². The molecule has 0 bridgehead atoms. The van der Waals surface area contributed by atoms with E-state index in [0.717, 1.165) is 25.2 Å². The molecule has 0 aromatic carbocycles. The zero-order valence-electron chi connectivity index (χ0n) is 9.96. The van der Waals surface area contributed by atoms with Crippen molar-refractivity contribution in [3.05, 3.63) is 18.0 Å². The fourth-order valence-electron chi connectivity index (χ4n) is 2.20. The van der Waals surface area contributed by atoms with Crippen LogP contribution in [-0.2, 0) is 18.3 Å². The van der Waals surface area contributed by atoms with Crippen molar-refractivity contribution in [2.75, 3.05) is 19.6 Å². The van der Waals surface area contributed by atoms with Crippen LogP contribution >= 0.6 is 0 Å². The van der Waals surface area contributed by atoms with Gasteiger partial charge in [-0.3, -0.25) is 9.48 Å². The summed E-state index contributed by atoms with van der Waals surface area (Å²) in [5, 5.41) is 13.1. The number of aryl methyl sites for hydroxylation is 1. The normalized spacial score (nSPS) is 25.3. The van der Waals surface area contributed by atoms with Crippen LogP contribution in [0.15, 0.2) is 12.3 Å². The first-order chi connectivity index (χ1) is 8.01. The number of likely N-dealkylation sites (tertiary alicyclic amines) is 1. The highest BCUT2D eigenvalue weighted by Crippen LogP contribution is 2.19. The minimum atomic E-state index is -1.06.